The number of nitrogens with one attached hydrogen (secondary N) is 1. The Morgan fingerprint density at radius 2 is 1.83 bits per heavy atom. The predicted molar refractivity (Wildman–Crippen MR) is 135 cm³/mol. The molecule has 0 aliphatic carbocycles. The van der Waals surface area contributed by atoms with Crippen molar-refractivity contribution in [1.29, 1.82) is 0 Å². The first-order valence-electron chi connectivity index (χ1n) is 11.9. The van der Waals surface area contributed by atoms with Crippen molar-refractivity contribution >= 4 is 23.9 Å². The van der Waals surface area contributed by atoms with Gasteiger partial charge in [0.15, 0.2) is 0 Å². The van der Waals surface area contributed by atoms with Crippen LogP contribution in [0.15, 0.2) is 28.8 Å². The lowest BCUT2D eigenvalue weighted by Crippen LogP contribution is -2.31. The fourth-order valence-electron chi connectivity index (χ4n) is 3.21. The first-order valence-corrected chi connectivity index (χ1v) is 12.3. The van der Waals surface area contributed by atoms with E-state index < -0.39 is 6.36 Å². The number of aryl methyl sites for hydroxylation is 1. The van der Waals surface area contributed by atoms with E-state index >= 15 is 0 Å². The Labute approximate surface area is 216 Å². The number of rotatable bonds is 7. The van der Waals surface area contributed by atoms with Crippen LogP contribution < -0.4 is 10.1 Å². The Morgan fingerprint density at radius 3 is 2.36 bits per heavy atom. The van der Waals surface area contributed by atoms with E-state index in [1.165, 1.54) is 18.2 Å². The zero-order chi connectivity index (χ0) is 27.4. The number of halogens is 4. The smallest absolute Gasteiger partial charge is 0.404 e. The van der Waals surface area contributed by atoms with Crippen LogP contribution in [-0.2, 0) is 9.53 Å². The molecule has 3 rings (SSSR count). The lowest BCUT2D eigenvalue weighted by molar-refractivity contribution is -0.274. The highest BCUT2D eigenvalue weighted by molar-refractivity contribution is 6.32. The molecular formula is C25H37ClF3N3O4. The van der Waals surface area contributed by atoms with E-state index in [0.29, 0.717) is 25.0 Å². The summed E-state index contributed by atoms with van der Waals surface area (Å²) in [6, 6.07) is 6.04. The number of carbonyl (C=O) groups is 1. The van der Waals surface area contributed by atoms with Gasteiger partial charge in [-0.15, -0.1) is 13.2 Å². The summed E-state index contributed by atoms with van der Waals surface area (Å²) in [6.45, 7) is 14.7. The number of alkyl halides is 3. The van der Waals surface area contributed by atoms with E-state index in [1.54, 1.807) is 11.8 Å². The molecule has 0 unspecified atom stereocenters. The zero-order valence-electron chi connectivity index (χ0n) is 21.7. The number of aromatic nitrogens is 1. The van der Waals surface area contributed by atoms with Gasteiger partial charge in [-0.3, -0.25) is 4.79 Å². The van der Waals surface area contributed by atoms with Gasteiger partial charge in [0.05, 0.1) is 22.9 Å². The van der Waals surface area contributed by atoms with Crippen molar-refractivity contribution in [2.75, 3.05) is 31.6 Å². The topological polar surface area (TPSA) is 76.8 Å². The molecule has 36 heavy (non-hydrogen) atoms. The SMILES string of the molecule is CC.CC(C)(C)OCCNc1cc(C2CCN(C=O)CC2)no1.Cc1ccc(OC(F)(F)F)c(Cl)c1. The van der Waals surface area contributed by atoms with E-state index in [-0.39, 0.29) is 16.4 Å². The van der Waals surface area contributed by atoms with Crippen LogP contribution in [0.1, 0.15) is 64.6 Å². The third-order valence-corrected chi connectivity index (χ3v) is 5.17. The van der Waals surface area contributed by atoms with Crippen molar-refractivity contribution in [2.45, 2.75) is 72.3 Å². The maximum atomic E-state index is 11.7. The average Bonchev–Trinajstić information content (AvgIpc) is 3.28. The minimum Gasteiger partial charge on any atom is -0.404 e. The Bertz CT molecular complexity index is 909. The van der Waals surface area contributed by atoms with Crippen LogP contribution in [-0.4, -0.2) is 54.7 Å². The number of anilines is 1. The molecule has 1 aromatic carbocycles. The first-order chi connectivity index (χ1) is 16.9. The summed E-state index contributed by atoms with van der Waals surface area (Å²) in [4.78, 5) is 12.5. The van der Waals surface area contributed by atoms with Crippen LogP contribution in [0.4, 0.5) is 19.1 Å². The fraction of sp³-hybridized carbons (Fsp3) is 0.600. The second-order valence-corrected chi connectivity index (χ2v) is 9.31. The molecule has 0 spiro atoms. The van der Waals surface area contributed by atoms with Gasteiger partial charge in [0.2, 0.25) is 12.3 Å². The van der Waals surface area contributed by atoms with E-state index in [1.807, 2.05) is 40.7 Å². The molecule has 1 amide bonds. The number of nitrogens with zero attached hydrogens (tertiary/aromatic N) is 2. The van der Waals surface area contributed by atoms with Crippen molar-refractivity contribution < 1.29 is 32.0 Å². The monoisotopic (exact) mass is 535 g/mol. The van der Waals surface area contributed by atoms with Gasteiger partial charge in [-0.25, -0.2) is 0 Å². The van der Waals surface area contributed by atoms with E-state index in [0.717, 1.165) is 43.6 Å². The minimum atomic E-state index is -4.70. The van der Waals surface area contributed by atoms with Crippen molar-refractivity contribution in [1.82, 2.24) is 10.1 Å². The molecule has 0 saturated carbocycles. The lowest BCUT2D eigenvalue weighted by Gasteiger charge is -2.27. The molecule has 0 atom stereocenters. The number of amides is 1. The average molecular weight is 536 g/mol. The molecule has 1 aliphatic heterocycles. The second kappa shape index (κ2) is 14.9. The van der Waals surface area contributed by atoms with Gasteiger partial charge in [-0.2, -0.15) is 0 Å². The van der Waals surface area contributed by atoms with Gasteiger partial charge < -0.3 is 24.2 Å². The fourth-order valence-corrected chi connectivity index (χ4v) is 3.48. The first kappa shape index (κ1) is 31.6. The number of hydrogen-bond donors (Lipinski definition) is 1. The highest BCUT2D eigenvalue weighted by atomic mass is 35.5. The van der Waals surface area contributed by atoms with Crippen LogP contribution in [0, 0.1) is 6.92 Å². The van der Waals surface area contributed by atoms with Gasteiger partial charge in [0.1, 0.15) is 5.75 Å². The third kappa shape index (κ3) is 12.5. The summed E-state index contributed by atoms with van der Waals surface area (Å²) in [6.07, 6.45) is -1.89. The molecule has 2 heterocycles. The van der Waals surface area contributed by atoms with Crippen molar-refractivity contribution in [3.8, 4) is 5.75 Å². The van der Waals surface area contributed by atoms with E-state index in [2.05, 4.69) is 15.2 Å². The predicted octanol–water partition coefficient (Wildman–Crippen LogP) is 6.81. The molecule has 1 N–H and O–H groups in total. The minimum absolute atomic E-state index is 0.0441. The van der Waals surface area contributed by atoms with Gasteiger partial charge >= 0.3 is 6.36 Å². The van der Waals surface area contributed by atoms with Gasteiger partial charge in [-0.05, 0) is 58.2 Å². The molecule has 0 bridgehead atoms. The van der Waals surface area contributed by atoms with Crippen LogP contribution >= 0.6 is 11.6 Å². The maximum Gasteiger partial charge on any atom is 0.573 e. The highest BCUT2D eigenvalue weighted by Crippen LogP contribution is 2.30. The van der Waals surface area contributed by atoms with Gasteiger partial charge in [0.25, 0.3) is 0 Å². The molecule has 11 heteroatoms. The summed E-state index contributed by atoms with van der Waals surface area (Å²) in [5, 5.41) is 7.26. The standard InChI is InChI=1S/C15H25N3O3.C8H6ClF3O.C2H6/c1-15(2,3)20-9-6-16-14-10-13(17-21-14)12-4-7-18(11-19)8-5-12;1-5-2-3-7(6(9)4-5)13-8(10,11)12;1-2/h10-12,16H,4-9H2,1-3H3;2-4H,1H3;1-2H3. The number of benzene rings is 1. The Balaban J connectivity index is 0.000000371. The third-order valence-electron chi connectivity index (χ3n) is 4.87. The number of carbonyl (C=O) groups excluding carboxylic acids is 1. The number of piperidine rings is 1. The molecular weight excluding hydrogens is 499 g/mol. The molecule has 1 aromatic heterocycles. The molecule has 1 fully saturated rings. The van der Waals surface area contributed by atoms with Gasteiger partial charge in [-0.1, -0.05) is 36.7 Å². The summed E-state index contributed by atoms with van der Waals surface area (Å²) >= 11 is 5.51. The molecule has 0 radical (unpaired) electrons. The summed E-state index contributed by atoms with van der Waals surface area (Å²) in [7, 11) is 0. The van der Waals surface area contributed by atoms with Crippen molar-refractivity contribution in [3.05, 3.63) is 40.5 Å². The molecule has 7 nitrogen and oxygen atoms in total. The molecule has 1 saturated heterocycles. The summed E-state index contributed by atoms with van der Waals surface area (Å²) in [5.41, 5.74) is 1.63. The molecule has 204 valence electrons. The Kier molecular flexibility index (Phi) is 13.1. The van der Waals surface area contributed by atoms with Crippen LogP contribution in [0.2, 0.25) is 5.02 Å². The molecule has 2 aromatic rings. The van der Waals surface area contributed by atoms with Gasteiger partial charge in [0, 0.05) is 31.6 Å². The lowest BCUT2D eigenvalue weighted by atomic mass is 9.94. The second-order valence-electron chi connectivity index (χ2n) is 8.90. The maximum absolute atomic E-state index is 11.7. The van der Waals surface area contributed by atoms with Crippen LogP contribution in [0.5, 0.6) is 5.75 Å². The summed E-state index contributed by atoms with van der Waals surface area (Å²) in [5.74, 6) is 0.686. The quantitative estimate of drug-likeness (QED) is 0.310. The summed E-state index contributed by atoms with van der Waals surface area (Å²) < 4.78 is 49.8. The number of hydrogen-bond acceptors (Lipinski definition) is 6. The van der Waals surface area contributed by atoms with Crippen LogP contribution in [0.3, 0.4) is 0 Å². The van der Waals surface area contributed by atoms with Crippen molar-refractivity contribution in [3.63, 3.8) is 0 Å². The highest BCUT2D eigenvalue weighted by Gasteiger charge is 2.32. The van der Waals surface area contributed by atoms with Crippen LogP contribution in [0.25, 0.3) is 0 Å². The largest absolute Gasteiger partial charge is 0.573 e. The van der Waals surface area contributed by atoms with E-state index in [9.17, 15) is 18.0 Å². The Hall–Kier alpha value is -2.46. The number of ether oxygens (including phenoxy) is 2. The number of likely N-dealkylation sites (tertiary alicyclic amines) is 1. The van der Waals surface area contributed by atoms with E-state index in [4.69, 9.17) is 20.9 Å². The Morgan fingerprint density at radius 1 is 1.19 bits per heavy atom. The normalized spacial score (nSPS) is 14.2. The molecule has 1 aliphatic rings. The zero-order valence-corrected chi connectivity index (χ0v) is 22.5. The van der Waals surface area contributed by atoms with Crippen molar-refractivity contribution in [2.24, 2.45) is 0 Å².